The van der Waals surface area contributed by atoms with E-state index in [1.54, 1.807) is 30.2 Å². The summed E-state index contributed by atoms with van der Waals surface area (Å²) >= 11 is 0. The Labute approximate surface area is 139 Å². The Kier molecular flexibility index (Phi) is 4.66. The van der Waals surface area contributed by atoms with Gasteiger partial charge in [-0.1, -0.05) is 0 Å². The lowest BCUT2D eigenvalue weighted by atomic mass is 9.91. The summed E-state index contributed by atoms with van der Waals surface area (Å²) in [7, 11) is 1.76. The van der Waals surface area contributed by atoms with Gasteiger partial charge in [0.1, 0.15) is 5.56 Å². The number of H-pyrrole nitrogens is 1. The average Bonchev–Trinajstić information content (AvgIpc) is 2.94. The maximum Gasteiger partial charge on any atom is 0.263 e. The van der Waals surface area contributed by atoms with E-state index in [1.807, 2.05) is 0 Å². The zero-order valence-electron chi connectivity index (χ0n) is 13.6. The zero-order chi connectivity index (χ0) is 17.1. The molecule has 1 saturated carbocycles. The van der Waals surface area contributed by atoms with Crippen molar-refractivity contribution in [2.24, 2.45) is 12.8 Å². The standard InChI is InChI=1S/C16H22N6O2/c1-22-9-12(8-19-22)21-16(24)14-13(6-7-18-15(14)23)20-11-4-2-10(17)3-5-11/h6-11H,2-5,17H2,1H3,(H,21,24)(H2,18,20,23). The first-order chi connectivity index (χ1) is 11.5. The van der Waals surface area contributed by atoms with Crippen LogP contribution in [0.2, 0.25) is 0 Å². The minimum absolute atomic E-state index is 0.0798. The fourth-order valence-electron chi connectivity index (χ4n) is 2.99. The van der Waals surface area contributed by atoms with Crippen LogP contribution in [0.4, 0.5) is 11.4 Å². The van der Waals surface area contributed by atoms with Crippen LogP contribution < -0.4 is 21.9 Å². The molecule has 1 aliphatic rings. The number of hydrogen-bond donors (Lipinski definition) is 4. The molecule has 0 unspecified atom stereocenters. The predicted octanol–water partition coefficient (Wildman–Crippen LogP) is 1.04. The third-order valence-electron chi connectivity index (χ3n) is 4.28. The summed E-state index contributed by atoms with van der Waals surface area (Å²) in [6.45, 7) is 0. The molecular weight excluding hydrogens is 308 g/mol. The Hall–Kier alpha value is -2.61. The van der Waals surface area contributed by atoms with Gasteiger partial charge in [0.25, 0.3) is 11.5 Å². The average molecular weight is 330 g/mol. The van der Waals surface area contributed by atoms with Crippen LogP contribution in [-0.4, -0.2) is 32.8 Å². The zero-order valence-corrected chi connectivity index (χ0v) is 13.6. The largest absolute Gasteiger partial charge is 0.381 e. The Morgan fingerprint density at radius 3 is 2.79 bits per heavy atom. The number of aryl methyl sites for hydroxylation is 1. The molecule has 8 heteroatoms. The van der Waals surface area contributed by atoms with Gasteiger partial charge in [-0.3, -0.25) is 14.3 Å². The number of anilines is 2. The monoisotopic (exact) mass is 330 g/mol. The fraction of sp³-hybridized carbons (Fsp3) is 0.438. The number of nitrogens with two attached hydrogens (primary N) is 1. The van der Waals surface area contributed by atoms with Crippen LogP contribution in [-0.2, 0) is 7.05 Å². The second-order valence-corrected chi connectivity index (χ2v) is 6.21. The van der Waals surface area contributed by atoms with Crippen molar-refractivity contribution in [3.05, 3.63) is 40.6 Å². The topological polar surface area (TPSA) is 118 Å². The van der Waals surface area contributed by atoms with Gasteiger partial charge in [-0.25, -0.2) is 0 Å². The molecule has 128 valence electrons. The van der Waals surface area contributed by atoms with Gasteiger partial charge in [0.2, 0.25) is 0 Å². The summed E-state index contributed by atoms with van der Waals surface area (Å²) in [4.78, 5) is 27.3. The Morgan fingerprint density at radius 1 is 1.38 bits per heavy atom. The minimum atomic E-state index is -0.458. The van der Waals surface area contributed by atoms with Crippen molar-refractivity contribution in [3.63, 3.8) is 0 Å². The summed E-state index contributed by atoms with van der Waals surface area (Å²) in [6.07, 6.45) is 8.49. The first-order valence-electron chi connectivity index (χ1n) is 8.06. The number of rotatable bonds is 4. The summed E-state index contributed by atoms with van der Waals surface area (Å²) in [5, 5.41) is 10.0. The number of amides is 1. The van der Waals surface area contributed by atoms with Crippen molar-refractivity contribution in [1.29, 1.82) is 0 Å². The Balaban J connectivity index is 1.79. The van der Waals surface area contributed by atoms with Crippen molar-refractivity contribution in [2.45, 2.75) is 37.8 Å². The molecule has 0 aromatic carbocycles. The van der Waals surface area contributed by atoms with E-state index in [0.29, 0.717) is 11.4 Å². The number of carbonyl (C=O) groups is 1. The van der Waals surface area contributed by atoms with Crippen LogP contribution in [0.1, 0.15) is 36.0 Å². The molecule has 2 heterocycles. The SMILES string of the molecule is Cn1cc(NC(=O)c2c(NC3CCC(N)CC3)cc[nH]c2=O)cn1. The maximum atomic E-state index is 12.5. The molecule has 0 radical (unpaired) electrons. The van der Waals surface area contributed by atoms with E-state index >= 15 is 0 Å². The van der Waals surface area contributed by atoms with Gasteiger partial charge in [-0.2, -0.15) is 5.10 Å². The number of aromatic nitrogens is 3. The van der Waals surface area contributed by atoms with Crippen LogP contribution in [0.3, 0.4) is 0 Å². The van der Waals surface area contributed by atoms with Gasteiger partial charge in [-0.05, 0) is 31.7 Å². The Morgan fingerprint density at radius 2 is 2.12 bits per heavy atom. The van der Waals surface area contributed by atoms with Crippen LogP contribution in [0.5, 0.6) is 0 Å². The van der Waals surface area contributed by atoms with Gasteiger partial charge >= 0.3 is 0 Å². The molecule has 5 N–H and O–H groups in total. The second-order valence-electron chi connectivity index (χ2n) is 6.21. The molecule has 0 saturated heterocycles. The molecular formula is C16H22N6O2. The Bertz CT molecular complexity index is 773. The van der Waals surface area contributed by atoms with E-state index in [4.69, 9.17) is 5.73 Å². The lowest BCUT2D eigenvalue weighted by molar-refractivity contribution is 0.102. The van der Waals surface area contributed by atoms with Gasteiger partial charge in [0.05, 0.1) is 17.6 Å². The number of carbonyl (C=O) groups excluding carboxylic acids is 1. The quantitative estimate of drug-likeness (QED) is 0.668. The molecule has 0 spiro atoms. The molecule has 24 heavy (non-hydrogen) atoms. The van der Waals surface area contributed by atoms with Gasteiger partial charge in [0, 0.05) is 31.5 Å². The van der Waals surface area contributed by atoms with Gasteiger partial charge in [-0.15, -0.1) is 0 Å². The highest BCUT2D eigenvalue weighted by molar-refractivity contribution is 6.07. The minimum Gasteiger partial charge on any atom is -0.381 e. The molecule has 1 fully saturated rings. The third kappa shape index (κ3) is 3.65. The normalized spacial score (nSPS) is 20.6. The number of nitrogens with zero attached hydrogens (tertiary/aromatic N) is 2. The van der Waals surface area contributed by atoms with Crippen molar-refractivity contribution in [1.82, 2.24) is 14.8 Å². The fourth-order valence-corrected chi connectivity index (χ4v) is 2.99. The van der Waals surface area contributed by atoms with E-state index in [9.17, 15) is 9.59 Å². The highest BCUT2D eigenvalue weighted by Crippen LogP contribution is 2.22. The number of pyridine rings is 1. The van der Waals surface area contributed by atoms with Crippen molar-refractivity contribution in [2.75, 3.05) is 10.6 Å². The van der Waals surface area contributed by atoms with E-state index in [0.717, 1.165) is 25.7 Å². The van der Waals surface area contributed by atoms with Crippen molar-refractivity contribution >= 4 is 17.3 Å². The molecule has 2 aromatic rings. The van der Waals surface area contributed by atoms with Crippen LogP contribution in [0, 0.1) is 0 Å². The van der Waals surface area contributed by atoms with E-state index in [1.165, 1.54) is 6.20 Å². The highest BCUT2D eigenvalue weighted by atomic mass is 16.2. The van der Waals surface area contributed by atoms with Gasteiger partial charge in [0.15, 0.2) is 0 Å². The molecule has 1 amide bonds. The molecule has 3 rings (SSSR count). The first-order valence-corrected chi connectivity index (χ1v) is 8.06. The van der Waals surface area contributed by atoms with E-state index in [2.05, 4.69) is 20.7 Å². The first kappa shape index (κ1) is 16.3. The lowest BCUT2D eigenvalue weighted by Gasteiger charge is -2.28. The van der Waals surface area contributed by atoms with Gasteiger partial charge < -0.3 is 21.4 Å². The van der Waals surface area contributed by atoms with E-state index in [-0.39, 0.29) is 17.6 Å². The summed E-state index contributed by atoms with van der Waals surface area (Å²) < 4.78 is 1.58. The lowest BCUT2D eigenvalue weighted by Crippen LogP contribution is -2.34. The maximum absolute atomic E-state index is 12.5. The number of aromatic amines is 1. The molecule has 8 nitrogen and oxygen atoms in total. The number of nitrogens with one attached hydrogen (secondary N) is 3. The molecule has 2 aromatic heterocycles. The molecule has 0 atom stereocenters. The summed E-state index contributed by atoms with van der Waals surface area (Å²) in [5.74, 6) is -0.458. The molecule has 0 bridgehead atoms. The summed E-state index contributed by atoms with van der Waals surface area (Å²) in [5.41, 5.74) is 6.67. The summed E-state index contributed by atoms with van der Waals surface area (Å²) in [6, 6.07) is 2.18. The van der Waals surface area contributed by atoms with Crippen LogP contribution in [0.15, 0.2) is 29.5 Å². The van der Waals surface area contributed by atoms with Crippen molar-refractivity contribution in [3.8, 4) is 0 Å². The number of hydrogen-bond acceptors (Lipinski definition) is 5. The smallest absolute Gasteiger partial charge is 0.263 e. The van der Waals surface area contributed by atoms with Crippen LogP contribution in [0.25, 0.3) is 0 Å². The molecule has 0 aliphatic heterocycles. The van der Waals surface area contributed by atoms with E-state index < -0.39 is 11.5 Å². The second kappa shape index (κ2) is 6.88. The third-order valence-corrected chi connectivity index (χ3v) is 4.28. The van der Waals surface area contributed by atoms with Crippen LogP contribution >= 0.6 is 0 Å². The molecule has 1 aliphatic carbocycles. The highest BCUT2D eigenvalue weighted by Gasteiger charge is 2.22. The predicted molar refractivity (Wildman–Crippen MR) is 92.1 cm³/mol. The van der Waals surface area contributed by atoms with Crippen molar-refractivity contribution < 1.29 is 4.79 Å².